The Hall–Kier alpha value is -0.900. The minimum absolute atomic E-state index is 0.141. The zero-order valence-corrected chi connectivity index (χ0v) is 11.3. The molecule has 1 heterocycles. The highest BCUT2D eigenvalue weighted by Gasteiger charge is 2.26. The molecule has 1 atom stereocenters. The Balaban J connectivity index is 1.87. The van der Waals surface area contributed by atoms with Crippen LogP contribution in [0.1, 0.15) is 25.8 Å². The topological polar surface area (TPSA) is 32.7 Å². The minimum atomic E-state index is -0.652. The highest BCUT2D eigenvalue weighted by molar-refractivity contribution is 5.14. The quantitative estimate of drug-likeness (QED) is 0.886. The zero-order valence-electron chi connectivity index (χ0n) is 11.3. The van der Waals surface area contributed by atoms with Gasteiger partial charge < -0.3 is 9.84 Å². The number of hydrogen-bond donors (Lipinski definition) is 1. The van der Waals surface area contributed by atoms with Crippen LogP contribution in [-0.4, -0.2) is 41.4 Å². The van der Waals surface area contributed by atoms with Gasteiger partial charge in [-0.1, -0.05) is 30.3 Å². The number of ether oxygens (including phenoxy) is 1. The van der Waals surface area contributed by atoms with Gasteiger partial charge in [0.05, 0.1) is 18.3 Å². The van der Waals surface area contributed by atoms with E-state index in [1.54, 1.807) is 0 Å². The molecule has 18 heavy (non-hydrogen) atoms. The zero-order chi connectivity index (χ0) is 13.0. The Bertz CT molecular complexity index is 359. The molecule has 1 aliphatic rings. The third-order valence-corrected chi connectivity index (χ3v) is 3.20. The van der Waals surface area contributed by atoms with Crippen LogP contribution in [0, 0.1) is 0 Å². The number of benzene rings is 1. The normalized spacial score (nSPS) is 22.1. The molecule has 2 rings (SSSR count). The first-order valence-corrected chi connectivity index (χ1v) is 6.63. The second kappa shape index (κ2) is 5.83. The average Bonchev–Trinajstić information content (AvgIpc) is 2.28. The first kappa shape index (κ1) is 13.5. The van der Waals surface area contributed by atoms with Crippen LogP contribution >= 0.6 is 0 Å². The fourth-order valence-electron chi connectivity index (χ4n) is 2.45. The van der Waals surface area contributed by atoms with Gasteiger partial charge in [-0.2, -0.15) is 0 Å². The van der Waals surface area contributed by atoms with Gasteiger partial charge in [-0.05, 0) is 19.4 Å². The van der Waals surface area contributed by atoms with Crippen LogP contribution in [0.5, 0.6) is 0 Å². The third kappa shape index (κ3) is 4.41. The van der Waals surface area contributed by atoms with Gasteiger partial charge >= 0.3 is 0 Å². The summed E-state index contributed by atoms with van der Waals surface area (Å²) < 4.78 is 5.72. The number of morpholine rings is 1. The first-order chi connectivity index (χ1) is 8.53. The summed E-state index contributed by atoms with van der Waals surface area (Å²) in [6, 6.07) is 10.5. The Kier molecular flexibility index (Phi) is 4.38. The molecule has 0 amide bonds. The summed E-state index contributed by atoms with van der Waals surface area (Å²) in [5.41, 5.74) is 0.682. The summed E-state index contributed by atoms with van der Waals surface area (Å²) in [4.78, 5) is 2.40. The first-order valence-electron chi connectivity index (χ1n) is 6.63. The molecule has 0 aromatic heterocycles. The predicted molar refractivity (Wildman–Crippen MR) is 72.4 cm³/mol. The predicted octanol–water partition coefficient (Wildman–Crippen LogP) is 2.05. The van der Waals surface area contributed by atoms with Crippen molar-refractivity contribution in [1.82, 2.24) is 4.90 Å². The van der Waals surface area contributed by atoms with Crippen LogP contribution in [-0.2, 0) is 11.3 Å². The van der Waals surface area contributed by atoms with E-state index in [0.717, 1.165) is 26.2 Å². The molecule has 0 bridgehead atoms. The summed E-state index contributed by atoms with van der Waals surface area (Å²) in [6.07, 6.45) is 0.834. The minimum Gasteiger partial charge on any atom is -0.390 e. The summed E-state index contributed by atoms with van der Waals surface area (Å²) in [6.45, 7) is 7.27. The van der Waals surface area contributed by atoms with E-state index in [1.165, 1.54) is 5.56 Å². The lowest BCUT2D eigenvalue weighted by Gasteiger charge is -2.35. The molecule has 1 aromatic rings. The summed E-state index contributed by atoms with van der Waals surface area (Å²) in [5, 5.41) is 9.85. The maximum absolute atomic E-state index is 9.85. The van der Waals surface area contributed by atoms with Gasteiger partial charge in [-0.25, -0.2) is 0 Å². The van der Waals surface area contributed by atoms with E-state index in [-0.39, 0.29) is 6.10 Å². The van der Waals surface area contributed by atoms with Gasteiger partial charge in [0.25, 0.3) is 0 Å². The summed E-state index contributed by atoms with van der Waals surface area (Å²) in [7, 11) is 0. The number of aliphatic hydroxyl groups is 1. The Labute approximate surface area is 109 Å². The largest absolute Gasteiger partial charge is 0.390 e. The van der Waals surface area contributed by atoms with Crippen molar-refractivity contribution in [3.05, 3.63) is 35.9 Å². The van der Waals surface area contributed by atoms with E-state index >= 15 is 0 Å². The van der Waals surface area contributed by atoms with Gasteiger partial charge in [0, 0.05) is 26.1 Å². The van der Waals surface area contributed by atoms with Gasteiger partial charge in [-0.15, -0.1) is 0 Å². The van der Waals surface area contributed by atoms with E-state index in [1.807, 2.05) is 19.9 Å². The van der Waals surface area contributed by atoms with E-state index in [4.69, 9.17) is 4.74 Å². The molecule has 1 aliphatic heterocycles. The molecule has 0 saturated carbocycles. The number of hydrogen-bond acceptors (Lipinski definition) is 3. The van der Waals surface area contributed by atoms with Crippen molar-refractivity contribution in [2.24, 2.45) is 0 Å². The molecule has 3 heteroatoms. The molecule has 0 radical (unpaired) electrons. The molecule has 3 nitrogen and oxygen atoms in total. The highest BCUT2D eigenvalue weighted by atomic mass is 16.5. The molecule has 0 aliphatic carbocycles. The summed E-state index contributed by atoms with van der Waals surface area (Å²) in [5.74, 6) is 0. The number of nitrogens with zero attached hydrogens (tertiary/aromatic N) is 1. The van der Waals surface area contributed by atoms with Crippen LogP contribution in [0.2, 0.25) is 0 Å². The van der Waals surface area contributed by atoms with Crippen molar-refractivity contribution >= 4 is 0 Å². The Morgan fingerprint density at radius 3 is 2.72 bits per heavy atom. The summed E-state index contributed by atoms with van der Waals surface area (Å²) >= 11 is 0. The van der Waals surface area contributed by atoms with Crippen LogP contribution in [0.4, 0.5) is 0 Å². The molecule has 1 N–H and O–H groups in total. The van der Waals surface area contributed by atoms with Crippen LogP contribution < -0.4 is 0 Å². The van der Waals surface area contributed by atoms with Gasteiger partial charge in [0.1, 0.15) is 0 Å². The van der Waals surface area contributed by atoms with Crippen molar-refractivity contribution < 1.29 is 9.84 Å². The molecule has 1 unspecified atom stereocenters. The SMILES string of the molecule is CC(C)(O)CC1CN(Cc2ccccc2)CCO1. The number of rotatable bonds is 4. The van der Waals surface area contributed by atoms with Crippen LogP contribution in [0.25, 0.3) is 0 Å². The smallest absolute Gasteiger partial charge is 0.0729 e. The van der Waals surface area contributed by atoms with E-state index in [2.05, 4.69) is 29.2 Å². The Morgan fingerprint density at radius 2 is 2.06 bits per heavy atom. The van der Waals surface area contributed by atoms with Gasteiger partial charge in [0.2, 0.25) is 0 Å². The van der Waals surface area contributed by atoms with E-state index in [0.29, 0.717) is 6.42 Å². The molecule has 0 spiro atoms. The van der Waals surface area contributed by atoms with Gasteiger partial charge in [0.15, 0.2) is 0 Å². The van der Waals surface area contributed by atoms with Crippen LogP contribution in [0.3, 0.4) is 0 Å². The molecular weight excluding hydrogens is 226 g/mol. The molecular formula is C15H23NO2. The molecule has 1 saturated heterocycles. The van der Waals surface area contributed by atoms with E-state index < -0.39 is 5.60 Å². The van der Waals surface area contributed by atoms with Gasteiger partial charge in [-0.3, -0.25) is 4.90 Å². The molecule has 100 valence electrons. The standard InChI is InChI=1S/C15H23NO2/c1-15(2,17)10-14-12-16(8-9-18-14)11-13-6-4-3-5-7-13/h3-7,14,17H,8-12H2,1-2H3. The van der Waals surface area contributed by atoms with Crippen molar-refractivity contribution in [1.29, 1.82) is 0 Å². The second-order valence-corrected chi connectivity index (χ2v) is 5.73. The maximum Gasteiger partial charge on any atom is 0.0729 e. The molecule has 1 aromatic carbocycles. The lowest BCUT2D eigenvalue weighted by atomic mass is 10.00. The monoisotopic (exact) mass is 249 g/mol. The van der Waals surface area contributed by atoms with Crippen molar-refractivity contribution in [3.63, 3.8) is 0 Å². The van der Waals surface area contributed by atoms with Crippen molar-refractivity contribution in [3.8, 4) is 0 Å². The molecule has 1 fully saturated rings. The maximum atomic E-state index is 9.85. The lowest BCUT2D eigenvalue weighted by Crippen LogP contribution is -2.44. The fourth-order valence-corrected chi connectivity index (χ4v) is 2.45. The van der Waals surface area contributed by atoms with Crippen molar-refractivity contribution in [2.45, 2.75) is 38.5 Å². The lowest BCUT2D eigenvalue weighted by molar-refractivity contribution is -0.0697. The third-order valence-electron chi connectivity index (χ3n) is 3.20. The fraction of sp³-hybridized carbons (Fsp3) is 0.600. The average molecular weight is 249 g/mol. The second-order valence-electron chi connectivity index (χ2n) is 5.73. The highest BCUT2D eigenvalue weighted by Crippen LogP contribution is 2.18. The van der Waals surface area contributed by atoms with E-state index in [9.17, 15) is 5.11 Å². The van der Waals surface area contributed by atoms with Crippen LogP contribution in [0.15, 0.2) is 30.3 Å². The Morgan fingerprint density at radius 1 is 1.33 bits per heavy atom. The van der Waals surface area contributed by atoms with Crippen molar-refractivity contribution in [2.75, 3.05) is 19.7 Å².